The third-order valence-corrected chi connectivity index (χ3v) is 4.01. The number of hydrogen-bond donors (Lipinski definition) is 0. The summed E-state index contributed by atoms with van der Waals surface area (Å²) in [6.45, 7) is 7.13. The molecule has 0 N–H and O–H groups in total. The highest BCUT2D eigenvalue weighted by Crippen LogP contribution is 2.32. The van der Waals surface area contributed by atoms with Crippen LogP contribution in [0.1, 0.15) is 45.2 Å². The zero-order chi connectivity index (χ0) is 14.9. The smallest absolute Gasteiger partial charge is 0.410 e. The van der Waals surface area contributed by atoms with Crippen molar-refractivity contribution in [2.75, 3.05) is 13.1 Å². The summed E-state index contributed by atoms with van der Waals surface area (Å²) in [5, 5.41) is 4.26. The van der Waals surface area contributed by atoms with E-state index in [9.17, 15) is 4.79 Å². The molecule has 1 aliphatic rings. The van der Waals surface area contributed by atoms with Crippen LogP contribution in [-0.4, -0.2) is 39.5 Å². The first-order valence-electron chi connectivity index (χ1n) is 6.93. The summed E-state index contributed by atoms with van der Waals surface area (Å²) in [5.74, 6) is 0.304. The highest BCUT2D eigenvalue weighted by Gasteiger charge is 2.30. The Bertz CT molecular complexity index is 474. The van der Waals surface area contributed by atoms with Crippen molar-refractivity contribution in [1.82, 2.24) is 14.7 Å². The third-order valence-electron chi connectivity index (χ3n) is 3.40. The van der Waals surface area contributed by atoms with Crippen LogP contribution >= 0.6 is 15.9 Å². The second-order valence-electron chi connectivity index (χ2n) is 6.27. The summed E-state index contributed by atoms with van der Waals surface area (Å²) in [7, 11) is 1.94. The second kappa shape index (κ2) is 5.76. The van der Waals surface area contributed by atoms with Crippen LogP contribution in [0.4, 0.5) is 4.79 Å². The van der Waals surface area contributed by atoms with Crippen LogP contribution in [0.15, 0.2) is 10.7 Å². The summed E-state index contributed by atoms with van der Waals surface area (Å²) >= 11 is 3.54. The molecule has 2 heterocycles. The summed E-state index contributed by atoms with van der Waals surface area (Å²) in [5.41, 5.74) is 0.704. The summed E-state index contributed by atoms with van der Waals surface area (Å²) < 4.78 is 8.35. The first-order valence-corrected chi connectivity index (χ1v) is 7.72. The van der Waals surface area contributed by atoms with Crippen molar-refractivity contribution in [2.45, 2.75) is 45.1 Å². The van der Waals surface area contributed by atoms with Crippen LogP contribution in [-0.2, 0) is 11.8 Å². The van der Waals surface area contributed by atoms with Crippen LogP contribution in [0, 0.1) is 0 Å². The molecule has 0 saturated carbocycles. The Morgan fingerprint density at radius 1 is 1.50 bits per heavy atom. The van der Waals surface area contributed by atoms with Gasteiger partial charge in [0.05, 0.1) is 16.4 Å². The van der Waals surface area contributed by atoms with E-state index in [-0.39, 0.29) is 6.09 Å². The van der Waals surface area contributed by atoms with Crippen molar-refractivity contribution in [3.63, 3.8) is 0 Å². The van der Waals surface area contributed by atoms with Gasteiger partial charge in [0.2, 0.25) is 0 Å². The molecule has 112 valence electrons. The SMILES string of the molecule is Cn1ncc(Br)c1C1CCCN(C(=O)OC(C)(C)C)C1. The Hall–Kier alpha value is -1.04. The normalized spacial score (nSPS) is 20.1. The van der Waals surface area contributed by atoms with E-state index >= 15 is 0 Å². The van der Waals surface area contributed by atoms with Gasteiger partial charge in [0, 0.05) is 26.1 Å². The number of piperidine rings is 1. The fourth-order valence-corrected chi connectivity index (χ4v) is 3.24. The van der Waals surface area contributed by atoms with E-state index in [1.54, 1.807) is 4.90 Å². The number of nitrogens with zero attached hydrogens (tertiary/aromatic N) is 3. The molecule has 0 aromatic carbocycles. The Labute approximate surface area is 128 Å². The van der Waals surface area contributed by atoms with Gasteiger partial charge in [-0.3, -0.25) is 4.68 Å². The number of carbonyl (C=O) groups excluding carboxylic acids is 1. The number of rotatable bonds is 1. The molecule has 1 aromatic heterocycles. The van der Waals surface area contributed by atoms with Crippen molar-refractivity contribution < 1.29 is 9.53 Å². The highest BCUT2D eigenvalue weighted by atomic mass is 79.9. The third kappa shape index (κ3) is 3.53. The molecule has 5 nitrogen and oxygen atoms in total. The molecular formula is C14H22BrN3O2. The molecule has 1 aromatic rings. The van der Waals surface area contributed by atoms with Gasteiger partial charge in [-0.2, -0.15) is 5.10 Å². The predicted molar refractivity (Wildman–Crippen MR) is 80.7 cm³/mol. The number of carbonyl (C=O) groups is 1. The van der Waals surface area contributed by atoms with Gasteiger partial charge >= 0.3 is 6.09 Å². The topological polar surface area (TPSA) is 47.4 Å². The van der Waals surface area contributed by atoms with Gasteiger partial charge in [-0.1, -0.05) is 0 Å². The number of likely N-dealkylation sites (tertiary alicyclic amines) is 1. The minimum atomic E-state index is -0.447. The second-order valence-corrected chi connectivity index (χ2v) is 7.12. The monoisotopic (exact) mass is 343 g/mol. The Kier molecular flexibility index (Phi) is 4.42. The van der Waals surface area contributed by atoms with E-state index in [2.05, 4.69) is 21.0 Å². The highest BCUT2D eigenvalue weighted by molar-refractivity contribution is 9.10. The lowest BCUT2D eigenvalue weighted by Crippen LogP contribution is -2.42. The fourth-order valence-electron chi connectivity index (χ4n) is 2.57. The largest absolute Gasteiger partial charge is 0.444 e. The van der Waals surface area contributed by atoms with Gasteiger partial charge in [0.1, 0.15) is 5.60 Å². The van der Waals surface area contributed by atoms with Crippen LogP contribution in [0.2, 0.25) is 0 Å². The zero-order valence-corrected chi connectivity index (χ0v) is 14.1. The van der Waals surface area contributed by atoms with E-state index in [0.717, 1.165) is 29.6 Å². The molecule has 0 radical (unpaired) electrons. The van der Waals surface area contributed by atoms with Gasteiger partial charge in [-0.05, 0) is 49.5 Å². The number of aromatic nitrogens is 2. The quantitative estimate of drug-likeness (QED) is 0.785. The molecule has 0 aliphatic carbocycles. The number of hydrogen-bond acceptors (Lipinski definition) is 3. The van der Waals surface area contributed by atoms with Crippen molar-refractivity contribution in [2.24, 2.45) is 7.05 Å². The van der Waals surface area contributed by atoms with Crippen molar-refractivity contribution >= 4 is 22.0 Å². The molecule has 2 rings (SSSR count). The fraction of sp³-hybridized carbons (Fsp3) is 0.714. The van der Waals surface area contributed by atoms with Gasteiger partial charge < -0.3 is 9.64 Å². The first-order chi connectivity index (χ1) is 9.28. The van der Waals surface area contributed by atoms with Gasteiger partial charge in [-0.25, -0.2) is 4.79 Å². The molecule has 6 heteroatoms. The van der Waals surface area contributed by atoms with Crippen LogP contribution in [0.25, 0.3) is 0 Å². The maximum Gasteiger partial charge on any atom is 0.410 e. The van der Waals surface area contributed by atoms with E-state index in [4.69, 9.17) is 4.74 Å². The number of halogens is 1. The van der Waals surface area contributed by atoms with Crippen molar-refractivity contribution in [3.05, 3.63) is 16.4 Å². The molecule has 20 heavy (non-hydrogen) atoms. The molecule has 0 bridgehead atoms. The molecule has 1 saturated heterocycles. The number of aryl methyl sites for hydroxylation is 1. The number of amides is 1. The van der Waals surface area contributed by atoms with E-state index in [1.165, 1.54) is 0 Å². The lowest BCUT2D eigenvalue weighted by atomic mass is 9.95. The maximum atomic E-state index is 12.2. The van der Waals surface area contributed by atoms with Crippen LogP contribution in [0.3, 0.4) is 0 Å². The molecule has 1 fully saturated rings. The van der Waals surface area contributed by atoms with Crippen molar-refractivity contribution in [1.29, 1.82) is 0 Å². The predicted octanol–water partition coefficient (Wildman–Crippen LogP) is 3.30. The van der Waals surface area contributed by atoms with E-state index in [0.29, 0.717) is 12.5 Å². The molecular weight excluding hydrogens is 322 g/mol. The average Bonchev–Trinajstić information content (AvgIpc) is 2.67. The summed E-state index contributed by atoms with van der Waals surface area (Å²) in [6.07, 6.45) is 3.64. The molecule has 1 amide bonds. The maximum absolute atomic E-state index is 12.2. The lowest BCUT2D eigenvalue weighted by molar-refractivity contribution is 0.0196. The lowest BCUT2D eigenvalue weighted by Gasteiger charge is -2.34. The molecule has 1 atom stereocenters. The van der Waals surface area contributed by atoms with Gasteiger partial charge in [0.25, 0.3) is 0 Å². The van der Waals surface area contributed by atoms with Crippen molar-refractivity contribution in [3.8, 4) is 0 Å². The van der Waals surface area contributed by atoms with Gasteiger partial charge in [0.15, 0.2) is 0 Å². The minimum absolute atomic E-state index is 0.222. The van der Waals surface area contributed by atoms with Crippen LogP contribution < -0.4 is 0 Å². The Morgan fingerprint density at radius 3 is 2.75 bits per heavy atom. The van der Waals surface area contributed by atoms with Gasteiger partial charge in [-0.15, -0.1) is 0 Å². The summed E-state index contributed by atoms with van der Waals surface area (Å²) in [6, 6.07) is 0. The number of ether oxygens (including phenoxy) is 1. The Balaban J connectivity index is 2.08. The van der Waals surface area contributed by atoms with Crippen LogP contribution in [0.5, 0.6) is 0 Å². The minimum Gasteiger partial charge on any atom is -0.444 e. The first kappa shape index (κ1) is 15.4. The standard InChI is InChI=1S/C14H22BrN3O2/c1-14(2,3)20-13(19)18-7-5-6-10(9-18)12-11(15)8-16-17(12)4/h8,10H,5-7,9H2,1-4H3. The summed E-state index contributed by atoms with van der Waals surface area (Å²) in [4.78, 5) is 14.0. The molecule has 0 spiro atoms. The molecule has 1 aliphatic heterocycles. The zero-order valence-electron chi connectivity index (χ0n) is 12.5. The van der Waals surface area contributed by atoms with E-state index < -0.39 is 5.60 Å². The van der Waals surface area contributed by atoms with E-state index in [1.807, 2.05) is 38.7 Å². The molecule has 1 unspecified atom stereocenters. The average molecular weight is 344 g/mol. The Morgan fingerprint density at radius 2 is 2.20 bits per heavy atom.